The van der Waals surface area contributed by atoms with Crippen LogP contribution >= 0.6 is 7.26 Å². The SMILES string of the molecule is CC[P+](c1ccccc1)(c1ccccc1)c1ccccc1.O=C(O)C(=O)O. The molecule has 0 heterocycles. The van der Waals surface area contributed by atoms with Crippen LogP contribution in [0.2, 0.25) is 0 Å². The van der Waals surface area contributed by atoms with Gasteiger partial charge in [0.15, 0.2) is 0 Å². The third kappa shape index (κ3) is 4.81. The van der Waals surface area contributed by atoms with Crippen LogP contribution in [0.25, 0.3) is 0 Å². The highest BCUT2D eigenvalue weighted by atomic mass is 31.2. The van der Waals surface area contributed by atoms with Gasteiger partial charge < -0.3 is 10.2 Å². The van der Waals surface area contributed by atoms with Gasteiger partial charge in [-0.3, -0.25) is 0 Å². The zero-order valence-electron chi connectivity index (χ0n) is 15.0. The first-order valence-corrected chi connectivity index (χ1v) is 10.5. The molecule has 0 fully saturated rings. The van der Waals surface area contributed by atoms with Crippen LogP contribution in [-0.4, -0.2) is 28.3 Å². The Kier molecular flexibility index (Phi) is 7.27. The first-order chi connectivity index (χ1) is 13.0. The lowest BCUT2D eigenvalue weighted by Crippen LogP contribution is -2.32. The molecular weight excluding hydrogens is 359 g/mol. The van der Waals surface area contributed by atoms with Gasteiger partial charge >= 0.3 is 11.9 Å². The standard InChI is InChI=1S/C20H20P.C2H2O4/c1-2-21(18-12-6-3-7-13-18,19-14-8-4-9-15-19)20-16-10-5-11-17-20;3-1(4)2(5)6/h3-17H,2H2,1H3;(H,3,4)(H,5,6)/q+1;. The summed E-state index contributed by atoms with van der Waals surface area (Å²) in [5.41, 5.74) is 0. The molecule has 0 aliphatic heterocycles. The number of carbonyl (C=O) groups is 2. The van der Waals surface area contributed by atoms with Crippen molar-refractivity contribution in [2.75, 3.05) is 6.16 Å². The zero-order chi connectivity index (χ0) is 19.7. The van der Waals surface area contributed by atoms with Gasteiger partial charge in [0, 0.05) is 0 Å². The number of hydrogen-bond acceptors (Lipinski definition) is 2. The van der Waals surface area contributed by atoms with Crippen molar-refractivity contribution in [2.45, 2.75) is 6.92 Å². The summed E-state index contributed by atoms with van der Waals surface area (Å²) in [4.78, 5) is 18.2. The maximum Gasteiger partial charge on any atom is 0.414 e. The zero-order valence-corrected chi connectivity index (χ0v) is 15.9. The van der Waals surface area contributed by atoms with E-state index in [2.05, 4.69) is 97.9 Å². The minimum absolute atomic E-state index is 1.14. The van der Waals surface area contributed by atoms with Gasteiger partial charge in [-0.2, -0.15) is 0 Å². The summed E-state index contributed by atoms with van der Waals surface area (Å²) < 4.78 is 0. The maximum absolute atomic E-state index is 9.10. The summed E-state index contributed by atoms with van der Waals surface area (Å²) >= 11 is 0. The fourth-order valence-electron chi connectivity index (χ4n) is 3.04. The quantitative estimate of drug-likeness (QED) is 0.538. The molecule has 0 spiro atoms. The first-order valence-electron chi connectivity index (χ1n) is 8.53. The van der Waals surface area contributed by atoms with Crippen molar-refractivity contribution in [3.63, 3.8) is 0 Å². The average molecular weight is 381 g/mol. The Morgan fingerprint density at radius 2 is 0.889 bits per heavy atom. The number of rotatable bonds is 4. The van der Waals surface area contributed by atoms with Gasteiger partial charge in [-0.05, 0) is 43.3 Å². The van der Waals surface area contributed by atoms with Crippen molar-refractivity contribution in [1.29, 1.82) is 0 Å². The Labute approximate surface area is 159 Å². The van der Waals surface area contributed by atoms with E-state index in [1.165, 1.54) is 15.9 Å². The summed E-state index contributed by atoms with van der Waals surface area (Å²) in [5.74, 6) is -3.65. The second kappa shape index (κ2) is 9.65. The molecule has 0 radical (unpaired) electrons. The summed E-state index contributed by atoms with van der Waals surface area (Å²) in [6.07, 6.45) is 1.14. The molecule has 5 heteroatoms. The topological polar surface area (TPSA) is 74.6 Å². The minimum Gasteiger partial charge on any atom is -0.473 e. The number of aliphatic carboxylic acids is 2. The Bertz CT molecular complexity index is 756. The van der Waals surface area contributed by atoms with E-state index in [1.54, 1.807) is 0 Å². The molecular formula is C22H22O4P+. The first kappa shape index (κ1) is 20.3. The number of carboxylic acids is 2. The molecule has 0 amide bonds. The normalized spacial score (nSPS) is 10.4. The van der Waals surface area contributed by atoms with E-state index in [4.69, 9.17) is 19.8 Å². The fourth-order valence-corrected chi connectivity index (χ4v) is 7.08. The van der Waals surface area contributed by atoms with Crippen LogP contribution < -0.4 is 15.9 Å². The van der Waals surface area contributed by atoms with Gasteiger partial charge in [-0.1, -0.05) is 54.6 Å². The van der Waals surface area contributed by atoms with E-state index in [9.17, 15) is 0 Å². The van der Waals surface area contributed by atoms with Crippen LogP contribution in [0, 0.1) is 0 Å². The van der Waals surface area contributed by atoms with Crippen LogP contribution in [0.4, 0.5) is 0 Å². The van der Waals surface area contributed by atoms with E-state index in [0.717, 1.165) is 6.16 Å². The molecule has 27 heavy (non-hydrogen) atoms. The molecule has 0 aromatic heterocycles. The maximum atomic E-state index is 9.10. The average Bonchev–Trinajstić information content (AvgIpc) is 2.72. The van der Waals surface area contributed by atoms with E-state index in [1.807, 2.05) is 0 Å². The molecule has 3 aromatic rings. The predicted octanol–water partition coefficient (Wildman–Crippen LogP) is 3.16. The molecule has 0 aliphatic carbocycles. The lowest BCUT2D eigenvalue weighted by molar-refractivity contribution is -0.159. The van der Waals surface area contributed by atoms with Crippen molar-refractivity contribution in [3.05, 3.63) is 91.0 Å². The third-order valence-electron chi connectivity index (χ3n) is 4.25. The van der Waals surface area contributed by atoms with Gasteiger partial charge in [0.1, 0.15) is 23.2 Å². The van der Waals surface area contributed by atoms with E-state index in [0.29, 0.717) is 0 Å². The molecule has 0 aliphatic rings. The van der Waals surface area contributed by atoms with Crippen LogP contribution in [0.5, 0.6) is 0 Å². The Morgan fingerprint density at radius 1 is 0.630 bits per heavy atom. The predicted molar refractivity (Wildman–Crippen MR) is 111 cm³/mol. The van der Waals surface area contributed by atoms with Gasteiger partial charge in [0.25, 0.3) is 0 Å². The highest BCUT2D eigenvalue weighted by molar-refractivity contribution is 7.95. The molecule has 0 saturated heterocycles. The smallest absolute Gasteiger partial charge is 0.414 e. The summed E-state index contributed by atoms with van der Waals surface area (Å²) in [5, 5.41) is 19.2. The molecule has 0 saturated carbocycles. The van der Waals surface area contributed by atoms with Gasteiger partial charge in [-0.15, -0.1) is 0 Å². The van der Waals surface area contributed by atoms with Crippen LogP contribution in [-0.2, 0) is 9.59 Å². The number of hydrogen-bond donors (Lipinski definition) is 2. The number of benzene rings is 3. The lowest BCUT2D eigenvalue weighted by Gasteiger charge is -2.26. The lowest BCUT2D eigenvalue weighted by atomic mass is 10.4. The van der Waals surface area contributed by atoms with Gasteiger partial charge in [-0.25, -0.2) is 9.59 Å². The van der Waals surface area contributed by atoms with Crippen molar-refractivity contribution in [1.82, 2.24) is 0 Å². The largest absolute Gasteiger partial charge is 0.473 e. The molecule has 4 nitrogen and oxygen atoms in total. The summed E-state index contributed by atoms with van der Waals surface area (Å²) in [6.45, 7) is 2.32. The molecule has 3 aromatic carbocycles. The van der Waals surface area contributed by atoms with Crippen molar-refractivity contribution in [3.8, 4) is 0 Å². The number of carboxylic acid groups (broad SMARTS) is 2. The third-order valence-corrected chi connectivity index (χ3v) is 8.74. The van der Waals surface area contributed by atoms with Crippen LogP contribution in [0.3, 0.4) is 0 Å². The molecule has 0 bridgehead atoms. The minimum atomic E-state index is -1.82. The van der Waals surface area contributed by atoms with E-state index >= 15 is 0 Å². The summed E-state index contributed by atoms with van der Waals surface area (Å²) in [6, 6.07) is 33.0. The molecule has 0 unspecified atom stereocenters. The van der Waals surface area contributed by atoms with Gasteiger partial charge in [0.2, 0.25) is 0 Å². The van der Waals surface area contributed by atoms with Gasteiger partial charge in [0.05, 0.1) is 6.16 Å². The molecule has 2 N–H and O–H groups in total. The second-order valence-electron chi connectivity index (χ2n) is 5.74. The van der Waals surface area contributed by atoms with Crippen molar-refractivity contribution >= 4 is 35.1 Å². The second-order valence-corrected chi connectivity index (χ2v) is 9.54. The molecule has 138 valence electrons. The highest BCUT2D eigenvalue weighted by Gasteiger charge is 2.43. The van der Waals surface area contributed by atoms with Crippen molar-refractivity contribution in [2.24, 2.45) is 0 Å². The Morgan fingerprint density at radius 3 is 1.07 bits per heavy atom. The molecule has 3 rings (SSSR count). The van der Waals surface area contributed by atoms with E-state index in [-0.39, 0.29) is 0 Å². The molecule has 0 atom stereocenters. The Hall–Kier alpha value is -2.97. The van der Waals surface area contributed by atoms with Crippen LogP contribution in [0.15, 0.2) is 91.0 Å². The van der Waals surface area contributed by atoms with Crippen LogP contribution in [0.1, 0.15) is 6.92 Å². The fraction of sp³-hybridized carbons (Fsp3) is 0.0909. The monoisotopic (exact) mass is 381 g/mol. The van der Waals surface area contributed by atoms with E-state index < -0.39 is 19.2 Å². The highest BCUT2D eigenvalue weighted by Crippen LogP contribution is 2.54. The van der Waals surface area contributed by atoms with Crippen molar-refractivity contribution < 1.29 is 19.8 Å². The summed E-state index contributed by atoms with van der Waals surface area (Å²) in [7, 11) is -1.53. The Balaban J connectivity index is 0.000000380.